The van der Waals surface area contributed by atoms with E-state index >= 15 is 0 Å². The lowest BCUT2D eigenvalue weighted by Gasteiger charge is -2.48. The third-order valence-corrected chi connectivity index (χ3v) is 5.90. The van der Waals surface area contributed by atoms with Gasteiger partial charge in [-0.2, -0.15) is 0 Å². The first-order chi connectivity index (χ1) is 11.3. The molecule has 4 heteroatoms. The average molecular weight is 332 g/mol. The van der Waals surface area contributed by atoms with E-state index in [0.717, 1.165) is 29.7 Å². The number of carbonyl (C=O) groups is 1. The number of hydrogen-bond donors (Lipinski definition) is 0. The fraction of sp³-hybridized carbons (Fsp3) is 0.650. The maximum absolute atomic E-state index is 12.4. The second-order valence-corrected chi connectivity index (χ2v) is 7.68. The molecule has 0 N–H and O–H groups in total. The Balaban J connectivity index is 2.13. The van der Waals surface area contributed by atoms with Crippen LogP contribution in [0.25, 0.3) is 0 Å². The first-order valence-corrected chi connectivity index (χ1v) is 8.84. The molecule has 4 unspecified atom stereocenters. The van der Waals surface area contributed by atoms with Gasteiger partial charge in [0.15, 0.2) is 0 Å². The van der Waals surface area contributed by atoms with Gasteiger partial charge in [-0.25, -0.2) is 0 Å². The summed E-state index contributed by atoms with van der Waals surface area (Å²) >= 11 is 0. The monoisotopic (exact) mass is 332 g/mol. The highest BCUT2D eigenvalue weighted by Crippen LogP contribution is 2.55. The highest BCUT2D eigenvalue weighted by molar-refractivity contribution is 5.73. The Hall–Kier alpha value is -1.55. The second-order valence-electron chi connectivity index (χ2n) is 7.68. The van der Waals surface area contributed by atoms with Gasteiger partial charge in [-0.1, -0.05) is 33.8 Å². The maximum Gasteiger partial charge on any atom is 0.309 e. The lowest BCUT2D eigenvalue weighted by atomic mass is 9.59. The molecule has 0 bridgehead atoms. The number of esters is 1. The van der Waals surface area contributed by atoms with Gasteiger partial charge in [0, 0.05) is 23.7 Å². The van der Waals surface area contributed by atoms with Crippen molar-refractivity contribution in [2.75, 3.05) is 7.11 Å². The smallest absolute Gasteiger partial charge is 0.309 e. The van der Waals surface area contributed by atoms with Gasteiger partial charge in [-0.15, -0.1) is 0 Å². The standard InChI is InChI=1S/C20H28O4/c1-11(2)18(21)24-17-16-13(4)19(22-6)23-15(16)10-14-9-7-8-12(3)20(14,17)5/h9-12,17,19H,7-8H2,1-6H3. The fourth-order valence-corrected chi connectivity index (χ4v) is 4.05. The first kappa shape index (κ1) is 17.3. The van der Waals surface area contributed by atoms with Gasteiger partial charge in [-0.05, 0) is 37.3 Å². The number of rotatable bonds is 3. The van der Waals surface area contributed by atoms with Crippen LogP contribution >= 0.6 is 0 Å². The lowest BCUT2D eigenvalue weighted by molar-refractivity contribution is -0.157. The van der Waals surface area contributed by atoms with Gasteiger partial charge in [0.1, 0.15) is 11.9 Å². The van der Waals surface area contributed by atoms with Crippen LogP contribution in [-0.2, 0) is 19.0 Å². The molecule has 0 radical (unpaired) electrons. The van der Waals surface area contributed by atoms with Gasteiger partial charge in [0.05, 0.1) is 5.92 Å². The van der Waals surface area contributed by atoms with Gasteiger partial charge >= 0.3 is 5.97 Å². The van der Waals surface area contributed by atoms with Crippen LogP contribution in [-0.4, -0.2) is 25.5 Å². The zero-order valence-corrected chi connectivity index (χ0v) is 15.5. The topological polar surface area (TPSA) is 44.8 Å². The summed E-state index contributed by atoms with van der Waals surface area (Å²) in [5.41, 5.74) is 2.98. The van der Waals surface area contributed by atoms with Crippen LogP contribution in [0.4, 0.5) is 0 Å². The molecule has 2 aliphatic carbocycles. The highest BCUT2D eigenvalue weighted by atomic mass is 16.7. The molecule has 4 atom stereocenters. The summed E-state index contributed by atoms with van der Waals surface area (Å²) in [6.45, 7) is 10.2. The Bertz CT molecular complexity index is 640. The molecule has 0 aromatic rings. The van der Waals surface area contributed by atoms with Crippen molar-refractivity contribution >= 4 is 5.97 Å². The molecule has 3 aliphatic rings. The molecule has 132 valence electrons. The molecule has 0 amide bonds. The van der Waals surface area contributed by atoms with E-state index in [2.05, 4.69) is 26.0 Å². The Morgan fingerprint density at radius 1 is 1.42 bits per heavy atom. The van der Waals surface area contributed by atoms with Gasteiger partial charge in [0.2, 0.25) is 6.29 Å². The van der Waals surface area contributed by atoms with E-state index in [9.17, 15) is 4.79 Å². The van der Waals surface area contributed by atoms with Crippen LogP contribution in [0.5, 0.6) is 0 Å². The summed E-state index contributed by atoms with van der Waals surface area (Å²) < 4.78 is 17.5. The maximum atomic E-state index is 12.4. The molecule has 24 heavy (non-hydrogen) atoms. The number of allylic oxidation sites excluding steroid dienone is 2. The molecule has 0 saturated heterocycles. The van der Waals surface area contributed by atoms with E-state index in [-0.39, 0.29) is 23.4 Å². The van der Waals surface area contributed by atoms with Crippen LogP contribution in [0.3, 0.4) is 0 Å². The first-order valence-electron chi connectivity index (χ1n) is 8.84. The van der Waals surface area contributed by atoms with Crippen LogP contribution in [0.15, 0.2) is 34.6 Å². The Morgan fingerprint density at radius 2 is 2.12 bits per heavy atom. The van der Waals surface area contributed by atoms with Crippen molar-refractivity contribution in [2.45, 2.75) is 59.9 Å². The second kappa shape index (κ2) is 6.07. The summed E-state index contributed by atoms with van der Waals surface area (Å²) in [5.74, 6) is 0.886. The van der Waals surface area contributed by atoms with Crippen LogP contribution in [0.1, 0.15) is 47.5 Å². The number of hydrogen-bond acceptors (Lipinski definition) is 4. The van der Waals surface area contributed by atoms with Gasteiger partial charge in [-0.3, -0.25) is 4.79 Å². The van der Waals surface area contributed by atoms with E-state index in [1.54, 1.807) is 7.11 Å². The van der Waals surface area contributed by atoms with Crippen molar-refractivity contribution in [2.24, 2.45) is 17.3 Å². The van der Waals surface area contributed by atoms with E-state index in [1.165, 1.54) is 5.57 Å². The molecule has 0 fully saturated rings. The number of fused-ring (bicyclic) bond motifs is 2. The molecular formula is C20H28O4. The summed E-state index contributed by atoms with van der Waals surface area (Å²) in [6, 6.07) is 0. The molecule has 0 saturated carbocycles. The molecule has 3 rings (SSSR count). The zero-order valence-electron chi connectivity index (χ0n) is 15.5. The lowest BCUT2D eigenvalue weighted by Crippen LogP contribution is -2.47. The molecule has 4 nitrogen and oxygen atoms in total. The number of methoxy groups -OCH3 is 1. The van der Waals surface area contributed by atoms with Gasteiger partial charge in [0.25, 0.3) is 0 Å². The molecule has 0 aromatic carbocycles. The Labute approximate surface area is 144 Å². The molecule has 1 heterocycles. The molecular weight excluding hydrogens is 304 g/mol. The van der Waals surface area contributed by atoms with Crippen molar-refractivity contribution in [3.05, 3.63) is 34.6 Å². The average Bonchev–Trinajstić information content (AvgIpc) is 2.85. The summed E-state index contributed by atoms with van der Waals surface area (Å²) in [7, 11) is 1.64. The van der Waals surface area contributed by atoms with Crippen molar-refractivity contribution in [1.29, 1.82) is 0 Å². The minimum Gasteiger partial charge on any atom is -0.461 e. The van der Waals surface area contributed by atoms with E-state index in [1.807, 2.05) is 20.8 Å². The van der Waals surface area contributed by atoms with Crippen LogP contribution < -0.4 is 0 Å². The number of carbonyl (C=O) groups excluding carboxylic acids is 1. The minimum absolute atomic E-state index is 0.157. The molecule has 0 aromatic heterocycles. The summed E-state index contributed by atoms with van der Waals surface area (Å²) in [6.07, 6.45) is 5.80. The Morgan fingerprint density at radius 3 is 2.75 bits per heavy atom. The van der Waals surface area contributed by atoms with E-state index in [0.29, 0.717) is 5.92 Å². The Kier molecular flexibility index (Phi) is 4.37. The summed E-state index contributed by atoms with van der Waals surface area (Å²) in [5, 5.41) is 0. The molecule has 0 spiro atoms. The van der Waals surface area contributed by atoms with E-state index < -0.39 is 6.29 Å². The predicted molar refractivity (Wildman–Crippen MR) is 92.0 cm³/mol. The van der Waals surface area contributed by atoms with Crippen molar-refractivity contribution in [3.8, 4) is 0 Å². The SMILES string of the molecule is COC1OC2=CC3=CCCC(C)C3(C)C(OC(=O)C(C)C)C2=C1C. The van der Waals surface area contributed by atoms with E-state index in [4.69, 9.17) is 14.2 Å². The third-order valence-electron chi connectivity index (χ3n) is 5.90. The normalized spacial score (nSPS) is 35.0. The quantitative estimate of drug-likeness (QED) is 0.729. The zero-order chi connectivity index (χ0) is 17.6. The van der Waals surface area contributed by atoms with Crippen molar-refractivity contribution in [3.63, 3.8) is 0 Å². The molecule has 1 aliphatic heterocycles. The largest absolute Gasteiger partial charge is 0.461 e. The van der Waals surface area contributed by atoms with Crippen molar-refractivity contribution in [1.82, 2.24) is 0 Å². The van der Waals surface area contributed by atoms with Crippen molar-refractivity contribution < 1.29 is 19.0 Å². The summed E-state index contributed by atoms with van der Waals surface area (Å²) in [4.78, 5) is 12.4. The third kappa shape index (κ3) is 2.43. The number of ether oxygens (including phenoxy) is 3. The highest BCUT2D eigenvalue weighted by Gasteiger charge is 2.53. The van der Waals surface area contributed by atoms with Crippen LogP contribution in [0.2, 0.25) is 0 Å². The predicted octanol–water partition coefficient (Wildman–Crippen LogP) is 4.13. The van der Waals surface area contributed by atoms with Crippen LogP contribution in [0, 0.1) is 17.3 Å². The minimum atomic E-state index is -0.397. The van der Waals surface area contributed by atoms with Gasteiger partial charge < -0.3 is 14.2 Å². The fourth-order valence-electron chi connectivity index (χ4n) is 4.05.